The molecular weight excluding hydrogens is 270 g/mol. The number of hydrogen-bond donors (Lipinski definition) is 1. The van der Waals surface area contributed by atoms with Gasteiger partial charge in [0.1, 0.15) is 10.9 Å². The lowest BCUT2D eigenvalue weighted by Crippen LogP contribution is -2.32. The maximum atomic E-state index is 12.0. The molecular formula is C15H17N3OS. The number of rotatable bonds is 4. The zero-order chi connectivity index (χ0) is 14.1. The Labute approximate surface area is 122 Å². The number of aryl methyl sites for hydroxylation is 1. The smallest absolute Gasteiger partial charge is 0.233 e. The maximum Gasteiger partial charge on any atom is 0.233 e. The van der Waals surface area contributed by atoms with Gasteiger partial charge in [-0.25, -0.2) is 9.97 Å². The Balaban J connectivity index is 1.83. The molecule has 104 valence electrons. The van der Waals surface area contributed by atoms with Crippen LogP contribution in [0.4, 0.5) is 0 Å². The number of nitrogens with zero attached hydrogens (tertiary/aromatic N) is 2. The van der Waals surface area contributed by atoms with E-state index in [2.05, 4.69) is 15.3 Å². The molecule has 1 fully saturated rings. The van der Waals surface area contributed by atoms with Crippen molar-refractivity contribution >= 4 is 28.6 Å². The second-order valence-electron chi connectivity index (χ2n) is 5.14. The summed E-state index contributed by atoms with van der Waals surface area (Å²) in [6.45, 7) is 3.81. The van der Waals surface area contributed by atoms with Crippen LogP contribution in [0.2, 0.25) is 0 Å². The first-order valence-corrected chi connectivity index (χ1v) is 7.72. The molecule has 1 aromatic carbocycles. The van der Waals surface area contributed by atoms with Gasteiger partial charge in [0.05, 0.1) is 10.8 Å². The molecule has 0 bridgehead atoms. The van der Waals surface area contributed by atoms with Crippen LogP contribution in [0.15, 0.2) is 29.3 Å². The van der Waals surface area contributed by atoms with E-state index in [9.17, 15) is 4.79 Å². The van der Waals surface area contributed by atoms with E-state index in [0.29, 0.717) is 6.04 Å². The SMILES string of the molecule is Cc1nc(SC(C)C(=O)NC2CC2)c2ccccc2n1. The topological polar surface area (TPSA) is 54.9 Å². The van der Waals surface area contributed by atoms with Crippen LogP contribution < -0.4 is 5.32 Å². The number of amides is 1. The first-order chi connectivity index (χ1) is 9.63. The van der Waals surface area contributed by atoms with Crippen molar-refractivity contribution < 1.29 is 4.79 Å². The third-order valence-corrected chi connectivity index (χ3v) is 4.36. The van der Waals surface area contributed by atoms with Gasteiger partial charge < -0.3 is 5.32 Å². The Kier molecular flexibility index (Phi) is 3.61. The van der Waals surface area contributed by atoms with E-state index < -0.39 is 0 Å². The molecule has 1 N–H and O–H groups in total. The van der Waals surface area contributed by atoms with Crippen LogP contribution in [0.1, 0.15) is 25.6 Å². The minimum absolute atomic E-state index is 0.0952. The predicted octanol–water partition coefficient (Wildman–Crippen LogP) is 2.70. The molecule has 1 amide bonds. The number of hydrogen-bond acceptors (Lipinski definition) is 4. The van der Waals surface area contributed by atoms with Gasteiger partial charge in [-0.2, -0.15) is 0 Å². The fourth-order valence-corrected chi connectivity index (χ4v) is 3.01. The highest BCUT2D eigenvalue weighted by Gasteiger charge is 2.26. The van der Waals surface area contributed by atoms with Gasteiger partial charge in [0.2, 0.25) is 5.91 Å². The minimum atomic E-state index is -0.145. The van der Waals surface area contributed by atoms with Crippen LogP contribution in [0.5, 0.6) is 0 Å². The summed E-state index contributed by atoms with van der Waals surface area (Å²) < 4.78 is 0. The Morgan fingerprint density at radius 1 is 1.35 bits per heavy atom. The summed E-state index contributed by atoms with van der Waals surface area (Å²) in [4.78, 5) is 21.0. The normalized spacial score (nSPS) is 16.1. The summed E-state index contributed by atoms with van der Waals surface area (Å²) in [5.74, 6) is 0.832. The van der Waals surface area contributed by atoms with Crippen molar-refractivity contribution in [1.29, 1.82) is 0 Å². The number of benzene rings is 1. The molecule has 1 atom stereocenters. The first kappa shape index (κ1) is 13.4. The van der Waals surface area contributed by atoms with Gasteiger partial charge in [-0.05, 0) is 32.8 Å². The Morgan fingerprint density at radius 2 is 2.10 bits per heavy atom. The van der Waals surface area contributed by atoms with Gasteiger partial charge in [-0.3, -0.25) is 4.79 Å². The van der Waals surface area contributed by atoms with Crippen molar-refractivity contribution in [3.63, 3.8) is 0 Å². The fourth-order valence-electron chi connectivity index (χ4n) is 2.02. The summed E-state index contributed by atoms with van der Waals surface area (Å²) >= 11 is 1.50. The van der Waals surface area contributed by atoms with Gasteiger partial charge in [0.25, 0.3) is 0 Å². The highest BCUT2D eigenvalue weighted by molar-refractivity contribution is 8.00. The third kappa shape index (κ3) is 2.93. The molecule has 1 heterocycles. The zero-order valence-electron chi connectivity index (χ0n) is 11.6. The number of para-hydroxylation sites is 1. The third-order valence-electron chi connectivity index (χ3n) is 3.26. The molecule has 1 aliphatic carbocycles. The molecule has 0 radical (unpaired) electrons. The Hall–Kier alpha value is -1.62. The number of aromatic nitrogens is 2. The quantitative estimate of drug-likeness (QED) is 0.694. The van der Waals surface area contributed by atoms with Gasteiger partial charge in [0.15, 0.2) is 0 Å². The second kappa shape index (κ2) is 5.40. The summed E-state index contributed by atoms with van der Waals surface area (Å²) in [7, 11) is 0. The maximum absolute atomic E-state index is 12.0. The monoisotopic (exact) mass is 287 g/mol. The van der Waals surface area contributed by atoms with Crippen molar-refractivity contribution in [2.45, 2.75) is 43.0 Å². The summed E-state index contributed by atoms with van der Waals surface area (Å²) in [6, 6.07) is 8.31. The Bertz CT molecular complexity index is 655. The molecule has 0 aliphatic heterocycles. The van der Waals surface area contributed by atoms with E-state index in [4.69, 9.17) is 0 Å². The van der Waals surface area contributed by atoms with Crippen molar-refractivity contribution in [2.75, 3.05) is 0 Å². The molecule has 1 aliphatic rings. The van der Waals surface area contributed by atoms with E-state index in [1.165, 1.54) is 11.8 Å². The van der Waals surface area contributed by atoms with Crippen LogP contribution in [0.25, 0.3) is 10.9 Å². The van der Waals surface area contributed by atoms with Crippen LogP contribution >= 0.6 is 11.8 Å². The van der Waals surface area contributed by atoms with Crippen molar-refractivity contribution in [2.24, 2.45) is 0 Å². The average Bonchev–Trinajstić information content (AvgIpc) is 3.22. The summed E-state index contributed by atoms with van der Waals surface area (Å²) in [5.41, 5.74) is 0.928. The van der Waals surface area contributed by atoms with Gasteiger partial charge in [-0.15, -0.1) is 0 Å². The number of carbonyl (C=O) groups is 1. The fraction of sp³-hybridized carbons (Fsp3) is 0.400. The lowest BCUT2D eigenvalue weighted by molar-refractivity contribution is -0.120. The van der Waals surface area contributed by atoms with Crippen LogP contribution in [0.3, 0.4) is 0 Å². The van der Waals surface area contributed by atoms with E-state index in [1.54, 1.807) is 0 Å². The average molecular weight is 287 g/mol. The van der Waals surface area contributed by atoms with E-state index in [-0.39, 0.29) is 11.2 Å². The van der Waals surface area contributed by atoms with Crippen molar-refractivity contribution in [3.8, 4) is 0 Å². The summed E-state index contributed by atoms with van der Waals surface area (Å²) in [5, 5.41) is 4.78. The molecule has 0 saturated heterocycles. The standard InChI is InChI=1S/C15H17N3OS/c1-9(14(19)18-11-7-8-11)20-15-12-5-3-4-6-13(12)16-10(2)17-15/h3-6,9,11H,7-8H2,1-2H3,(H,18,19). The van der Waals surface area contributed by atoms with Crippen LogP contribution in [-0.2, 0) is 4.79 Å². The molecule has 20 heavy (non-hydrogen) atoms. The molecule has 2 aromatic rings. The molecule has 0 spiro atoms. The van der Waals surface area contributed by atoms with E-state index >= 15 is 0 Å². The highest BCUT2D eigenvalue weighted by Crippen LogP contribution is 2.29. The molecule has 5 heteroatoms. The van der Waals surface area contributed by atoms with E-state index in [1.807, 2.05) is 38.1 Å². The number of fused-ring (bicyclic) bond motifs is 1. The van der Waals surface area contributed by atoms with Crippen molar-refractivity contribution in [3.05, 3.63) is 30.1 Å². The molecule has 3 rings (SSSR count). The largest absolute Gasteiger partial charge is 0.352 e. The van der Waals surface area contributed by atoms with E-state index in [0.717, 1.165) is 34.6 Å². The lowest BCUT2D eigenvalue weighted by atomic mass is 10.2. The number of thioether (sulfide) groups is 1. The zero-order valence-corrected chi connectivity index (χ0v) is 12.4. The molecule has 4 nitrogen and oxygen atoms in total. The minimum Gasteiger partial charge on any atom is -0.352 e. The van der Waals surface area contributed by atoms with Gasteiger partial charge >= 0.3 is 0 Å². The first-order valence-electron chi connectivity index (χ1n) is 6.84. The molecule has 1 aromatic heterocycles. The molecule has 1 saturated carbocycles. The van der Waals surface area contributed by atoms with Gasteiger partial charge in [0, 0.05) is 11.4 Å². The highest BCUT2D eigenvalue weighted by atomic mass is 32.2. The summed E-state index contributed by atoms with van der Waals surface area (Å²) in [6.07, 6.45) is 2.22. The van der Waals surface area contributed by atoms with Crippen LogP contribution in [-0.4, -0.2) is 27.2 Å². The van der Waals surface area contributed by atoms with Gasteiger partial charge in [-0.1, -0.05) is 30.0 Å². The Morgan fingerprint density at radius 3 is 2.85 bits per heavy atom. The second-order valence-corrected chi connectivity index (χ2v) is 6.47. The number of nitrogens with one attached hydrogen (secondary N) is 1. The lowest BCUT2D eigenvalue weighted by Gasteiger charge is -2.12. The number of carbonyl (C=O) groups excluding carboxylic acids is 1. The van der Waals surface area contributed by atoms with Crippen LogP contribution in [0, 0.1) is 6.92 Å². The predicted molar refractivity (Wildman–Crippen MR) is 80.8 cm³/mol. The molecule has 1 unspecified atom stereocenters. The van der Waals surface area contributed by atoms with Crippen molar-refractivity contribution in [1.82, 2.24) is 15.3 Å².